The zero-order valence-electron chi connectivity index (χ0n) is 12.9. The number of hydrogen-bond donors (Lipinski definition) is 1. The van der Waals surface area contributed by atoms with E-state index < -0.39 is 10.0 Å². The summed E-state index contributed by atoms with van der Waals surface area (Å²) in [5.74, 6) is -0.171. The second-order valence-corrected chi connectivity index (χ2v) is 8.98. The summed E-state index contributed by atoms with van der Waals surface area (Å²) in [6.07, 6.45) is 2.01. The number of likely N-dealkylation sites (tertiary alicyclic amines) is 1. The Morgan fingerprint density at radius 1 is 1.25 bits per heavy atom. The van der Waals surface area contributed by atoms with Crippen LogP contribution in [0.2, 0.25) is 5.02 Å². The molecule has 9 heteroatoms. The predicted molar refractivity (Wildman–Crippen MR) is 93.4 cm³/mol. The van der Waals surface area contributed by atoms with Crippen LogP contribution < -0.4 is 4.72 Å². The molecule has 0 bridgehead atoms. The zero-order valence-corrected chi connectivity index (χ0v) is 16.0. The van der Waals surface area contributed by atoms with Crippen LogP contribution in [0, 0.1) is 0 Å². The number of esters is 1. The highest BCUT2D eigenvalue weighted by atomic mass is 79.9. The highest BCUT2D eigenvalue weighted by molar-refractivity contribution is 9.10. The molecule has 3 rings (SSSR count). The van der Waals surface area contributed by atoms with Crippen LogP contribution in [-0.2, 0) is 19.6 Å². The van der Waals surface area contributed by atoms with Gasteiger partial charge in [0.25, 0.3) is 0 Å². The van der Waals surface area contributed by atoms with E-state index in [0.717, 1.165) is 4.47 Å². The van der Waals surface area contributed by atoms with Crippen LogP contribution in [0.3, 0.4) is 0 Å². The average Bonchev–Trinajstić information content (AvgIpc) is 2.93. The van der Waals surface area contributed by atoms with E-state index in [4.69, 9.17) is 16.3 Å². The van der Waals surface area contributed by atoms with Crippen molar-refractivity contribution in [2.24, 2.45) is 0 Å². The number of benzene rings is 1. The third-order valence-corrected chi connectivity index (χ3v) is 6.88. The lowest BCUT2D eigenvalue weighted by molar-refractivity contribution is -0.142. The van der Waals surface area contributed by atoms with Crippen LogP contribution in [0.1, 0.15) is 19.3 Å². The summed E-state index contributed by atoms with van der Waals surface area (Å²) in [5.41, 5.74) is 0. The Morgan fingerprint density at radius 2 is 1.96 bits per heavy atom. The molecule has 2 saturated heterocycles. The van der Waals surface area contributed by atoms with Crippen molar-refractivity contribution < 1.29 is 17.9 Å². The Morgan fingerprint density at radius 3 is 2.54 bits per heavy atom. The van der Waals surface area contributed by atoms with Gasteiger partial charge in [-0.1, -0.05) is 27.5 Å². The SMILES string of the molecule is O=C1OCCC1N1CCC(NS(=O)(=O)c2ccc(Br)cc2Cl)CC1. The van der Waals surface area contributed by atoms with Gasteiger partial charge in [0.2, 0.25) is 10.0 Å². The third kappa shape index (κ3) is 3.94. The summed E-state index contributed by atoms with van der Waals surface area (Å²) in [5, 5.41) is 0.183. The summed E-state index contributed by atoms with van der Waals surface area (Å²) < 4.78 is 33.5. The molecule has 1 unspecified atom stereocenters. The van der Waals surface area contributed by atoms with E-state index in [-0.39, 0.29) is 28.0 Å². The van der Waals surface area contributed by atoms with Crippen molar-refractivity contribution in [1.29, 1.82) is 0 Å². The van der Waals surface area contributed by atoms with Gasteiger partial charge in [-0.15, -0.1) is 0 Å². The molecular formula is C15H18BrClN2O4S. The molecule has 1 atom stereocenters. The highest BCUT2D eigenvalue weighted by Crippen LogP contribution is 2.26. The lowest BCUT2D eigenvalue weighted by atomic mass is 10.0. The first-order chi connectivity index (χ1) is 11.4. The molecule has 6 nitrogen and oxygen atoms in total. The second kappa shape index (κ2) is 7.29. The van der Waals surface area contributed by atoms with Gasteiger partial charge in [-0.3, -0.25) is 9.69 Å². The van der Waals surface area contributed by atoms with Gasteiger partial charge >= 0.3 is 5.97 Å². The fraction of sp³-hybridized carbons (Fsp3) is 0.533. The molecule has 2 fully saturated rings. The molecule has 0 spiro atoms. The van der Waals surface area contributed by atoms with E-state index >= 15 is 0 Å². The predicted octanol–water partition coefficient (Wildman–Crippen LogP) is 2.16. The van der Waals surface area contributed by atoms with Gasteiger partial charge in [0.05, 0.1) is 11.6 Å². The molecule has 24 heavy (non-hydrogen) atoms. The number of nitrogens with one attached hydrogen (secondary N) is 1. The van der Waals surface area contributed by atoms with Crippen LogP contribution in [0.25, 0.3) is 0 Å². The largest absolute Gasteiger partial charge is 0.464 e. The maximum absolute atomic E-state index is 12.5. The standard InChI is InChI=1S/C15H18BrClN2O4S/c16-10-1-2-14(12(17)9-10)24(21,22)18-11-3-6-19(7-4-11)13-5-8-23-15(13)20/h1-2,9,11,13,18H,3-8H2. The van der Waals surface area contributed by atoms with Gasteiger partial charge in [0.15, 0.2) is 0 Å². The van der Waals surface area contributed by atoms with E-state index in [0.29, 0.717) is 39.0 Å². The molecular weight excluding hydrogens is 420 g/mol. The molecule has 0 amide bonds. The van der Waals surface area contributed by atoms with Crippen molar-refractivity contribution in [3.63, 3.8) is 0 Å². The number of cyclic esters (lactones) is 1. The lowest BCUT2D eigenvalue weighted by Crippen LogP contribution is -2.49. The highest BCUT2D eigenvalue weighted by Gasteiger charge is 2.35. The topological polar surface area (TPSA) is 75.7 Å². The Labute approximate surface area is 154 Å². The van der Waals surface area contributed by atoms with Crippen LogP contribution in [0.4, 0.5) is 0 Å². The van der Waals surface area contributed by atoms with Crippen LogP contribution in [0.5, 0.6) is 0 Å². The molecule has 1 N–H and O–H groups in total. The first-order valence-electron chi connectivity index (χ1n) is 7.75. The van der Waals surface area contributed by atoms with Crippen molar-refractivity contribution in [2.45, 2.75) is 36.2 Å². The fourth-order valence-corrected chi connectivity index (χ4v) is 5.46. The van der Waals surface area contributed by atoms with Gasteiger partial charge < -0.3 is 4.74 Å². The van der Waals surface area contributed by atoms with E-state index in [2.05, 4.69) is 25.6 Å². The van der Waals surface area contributed by atoms with Crippen molar-refractivity contribution in [2.75, 3.05) is 19.7 Å². The van der Waals surface area contributed by atoms with Crippen molar-refractivity contribution in [3.05, 3.63) is 27.7 Å². The van der Waals surface area contributed by atoms with Crippen LogP contribution in [0.15, 0.2) is 27.6 Å². The van der Waals surface area contributed by atoms with E-state index in [1.54, 1.807) is 12.1 Å². The number of sulfonamides is 1. The minimum atomic E-state index is -3.67. The first kappa shape index (κ1) is 18.1. The summed E-state index contributed by atoms with van der Waals surface area (Å²) >= 11 is 9.31. The third-order valence-electron chi connectivity index (χ3n) is 4.38. The second-order valence-electron chi connectivity index (χ2n) is 5.98. The molecule has 0 aromatic heterocycles. The minimum absolute atomic E-state index is 0.0779. The molecule has 2 aliphatic heterocycles. The zero-order chi connectivity index (χ0) is 17.3. The monoisotopic (exact) mass is 436 g/mol. The maximum atomic E-state index is 12.5. The first-order valence-corrected chi connectivity index (χ1v) is 10.4. The van der Waals surface area contributed by atoms with Crippen LogP contribution in [-0.4, -0.2) is 51.1 Å². The fourth-order valence-electron chi connectivity index (χ4n) is 3.12. The molecule has 0 aliphatic carbocycles. The minimum Gasteiger partial charge on any atom is -0.464 e. The van der Waals surface area contributed by atoms with E-state index in [1.165, 1.54) is 6.07 Å². The number of piperidine rings is 1. The molecule has 132 valence electrons. The van der Waals surface area contributed by atoms with Crippen molar-refractivity contribution in [3.8, 4) is 0 Å². The van der Waals surface area contributed by atoms with Gasteiger partial charge in [-0.05, 0) is 31.0 Å². The van der Waals surface area contributed by atoms with Crippen LogP contribution >= 0.6 is 27.5 Å². The number of carbonyl (C=O) groups is 1. The number of nitrogens with zero attached hydrogens (tertiary/aromatic N) is 1. The Bertz CT molecular complexity index is 735. The Balaban J connectivity index is 1.62. The number of halogens is 2. The van der Waals surface area contributed by atoms with E-state index in [9.17, 15) is 13.2 Å². The van der Waals surface area contributed by atoms with Crippen molar-refractivity contribution >= 4 is 43.5 Å². The Kier molecular flexibility index (Phi) is 5.51. The Hall–Kier alpha value is -0.670. The summed E-state index contributed by atoms with van der Waals surface area (Å²) in [6.45, 7) is 1.81. The summed E-state index contributed by atoms with van der Waals surface area (Å²) in [4.78, 5) is 13.8. The molecule has 1 aromatic rings. The number of carbonyl (C=O) groups excluding carboxylic acids is 1. The summed E-state index contributed by atoms with van der Waals surface area (Å²) in [7, 11) is -3.67. The smallest absolute Gasteiger partial charge is 0.323 e. The maximum Gasteiger partial charge on any atom is 0.323 e. The lowest BCUT2D eigenvalue weighted by Gasteiger charge is -2.34. The molecule has 1 aromatic carbocycles. The molecule has 2 aliphatic rings. The summed E-state index contributed by atoms with van der Waals surface area (Å²) in [6, 6.07) is 4.35. The molecule has 0 radical (unpaired) electrons. The van der Waals surface area contributed by atoms with Gasteiger partial charge in [-0.25, -0.2) is 13.1 Å². The van der Waals surface area contributed by atoms with Crippen molar-refractivity contribution in [1.82, 2.24) is 9.62 Å². The number of rotatable bonds is 4. The average molecular weight is 438 g/mol. The number of ether oxygens (including phenoxy) is 1. The molecule has 0 saturated carbocycles. The van der Waals surface area contributed by atoms with Gasteiger partial charge in [-0.2, -0.15) is 0 Å². The normalized spacial score (nSPS) is 23.4. The van der Waals surface area contributed by atoms with Gasteiger partial charge in [0.1, 0.15) is 10.9 Å². The van der Waals surface area contributed by atoms with Gasteiger partial charge in [0, 0.05) is 30.0 Å². The quantitative estimate of drug-likeness (QED) is 0.731. The number of hydrogen-bond acceptors (Lipinski definition) is 5. The molecule has 2 heterocycles. The van der Waals surface area contributed by atoms with E-state index in [1.807, 2.05) is 0 Å².